The van der Waals surface area contributed by atoms with Crippen molar-refractivity contribution in [3.05, 3.63) is 30.3 Å². The molecule has 5 nitrogen and oxygen atoms in total. The number of benzene rings is 1. The van der Waals surface area contributed by atoms with Crippen molar-refractivity contribution in [2.45, 2.75) is 13.8 Å². The van der Waals surface area contributed by atoms with Crippen molar-refractivity contribution in [1.82, 2.24) is 15.0 Å². The summed E-state index contributed by atoms with van der Waals surface area (Å²) in [7, 11) is 4.15. The average molecular weight is 274 g/mol. The van der Waals surface area contributed by atoms with Crippen LogP contribution in [0, 0.1) is 5.41 Å². The zero-order valence-corrected chi connectivity index (χ0v) is 12.6. The van der Waals surface area contributed by atoms with Crippen LogP contribution in [-0.2, 0) is 0 Å². The largest absolute Gasteiger partial charge is 0.351 e. The van der Waals surface area contributed by atoms with Crippen LogP contribution in [-0.4, -0.2) is 42.2 Å². The van der Waals surface area contributed by atoms with Crippen LogP contribution in [0.25, 0.3) is 11.5 Å². The summed E-state index contributed by atoms with van der Waals surface area (Å²) >= 11 is 0. The highest BCUT2D eigenvalue weighted by atomic mass is 16.5. The molecule has 1 heterocycles. The summed E-state index contributed by atoms with van der Waals surface area (Å²) in [5.74, 6) is 1.08. The lowest BCUT2D eigenvalue weighted by atomic mass is 9.93. The lowest BCUT2D eigenvalue weighted by Crippen LogP contribution is -2.34. The highest BCUT2D eigenvalue weighted by molar-refractivity contribution is 5.53. The Morgan fingerprint density at radius 1 is 1.20 bits per heavy atom. The quantitative estimate of drug-likeness (QED) is 0.877. The van der Waals surface area contributed by atoms with Crippen molar-refractivity contribution >= 4 is 5.95 Å². The molecule has 108 valence electrons. The molecular formula is C15H22N4O. The Bertz CT molecular complexity index is 534. The van der Waals surface area contributed by atoms with E-state index in [1.807, 2.05) is 30.3 Å². The van der Waals surface area contributed by atoms with E-state index in [4.69, 9.17) is 4.52 Å². The van der Waals surface area contributed by atoms with Gasteiger partial charge in [-0.25, -0.2) is 0 Å². The van der Waals surface area contributed by atoms with E-state index in [1.165, 1.54) is 0 Å². The molecule has 0 atom stereocenters. The molecule has 1 N–H and O–H groups in total. The minimum Gasteiger partial charge on any atom is -0.351 e. The second-order valence-corrected chi connectivity index (χ2v) is 6.04. The second kappa shape index (κ2) is 6.05. The number of rotatable bonds is 6. The molecule has 0 amide bonds. The van der Waals surface area contributed by atoms with Crippen molar-refractivity contribution in [3.63, 3.8) is 0 Å². The highest BCUT2D eigenvalue weighted by Crippen LogP contribution is 2.20. The lowest BCUT2D eigenvalue weighted by molar-refractivity contribution is 0.253. The van der Waals surface area contributed by atoms with Gasteiger partial charge in [-0.1, -0.05) is 32.0 Å². The Hall–Kier alpha value is -1.88. The third-order valence-electron chi connectivity index (χ3n) is 2.92. The van der Waals surface area contributed by atoms with Gasteiger partial charge >= 0.3 is 0 Å². The van der Waals surface area contributed by atoms with Gasteiger partial charge in [-0.05, 0) is 36.8 Å². The van der Waals surface area contributed by atoms with Gasteiger partial charge in [0.15, 0.2) is 0 Å². The van der Waals surface area contributed by atoms with E-state index in [0.29, 0.717) is 11.8 Å². The topological polar surface area (TPSA) is 54.2 Å². The standard InChI is InChI=1S/C15H22N4O/c1-15(2,11-19(3)4)10-16-14-17-13(20-18-14)12-8-6-5-7-9-12/h5-9H,10-11H2,1-4H3,(H,16,18). The van der Waals surface area contributed by atoms with Gasteiger partial charge in [0.05, 0.1) is 0 Å². The van der Waals surface area contributed by atoms with Gasteiger partial charge in [0, 0.05) is 18.7 Å². The van der Waals surface area contributed by atoms with Gasteiger partial charge in [0.1, 0.15) is 0 Å². The number of nitrogens with one attached hydrogen (secondary N) is 1. The predicted octanol–water partition coefficient (Wildman–Crippen LogP) is 2.74. The molecule has 0 bridgehead atoms. The van der Waals surface area contributed by atoms with Crippen LogP contribution < -0.4 is 5.32 Å². The minimum absolute atomic E-state index is 0.136. The first-order valence-electron chi connectivity index (χ1n) is 6.74. The van der Waals surface area contributed by atoms with E-state index in [2.05, 4.69) is 48.3 Å². The molecule has 0 spiro atoms. The maximum atomic E-state index is 5.26. The predicted molar refractivity (Wildman–Crippen MR) is 80.6 cm³/mol. The van der Waals surface area contributed by atoms with Gasteiger partial charge in [0.2, 0.25) is 0 Å². The normalized spacial score (nSPS) is 11.8. The second-order valence-electron chi connectivity index (χ2n) is 6.04. The van der Waals surface area contributed by atoms with Crippen LogP contribution in [0.15, 0.2) is 34.9 Å². The highest BCUT2D eigenvalue weighted by Gasteiger charge is 2.19. The molecule has 20 heavy (non-hydrogen) atoms. The van der Waals surface area contributed by atoms with E-state index >= 15 is 0 Å². The summed E-state index contributed by atoms with van der Waals surface area (Å²) in [5.41, 5.74) is 1.07. The molecule has 0 aliphatic heterocycles. The zero-order chi connectivity index (χ0) is 14.6. The van der Waals surface area contributed by atoms with E-state index in [1.54, 1.807) is 0 Å². The van der Waals surface area contributed by atoms with E-state index in [9.17, 15) is 0 Å². The van der Waals surface area contributed by atoms with Gasteiger partial charge in [-0.3, -0.25) is 0 Å². The molecule has 0 unspecified atom stereocenters. The van der Waals surface area contributed by atoms with Crippen molar-refractivity contribution in [2.75, 3.05) is 32.5 Å². The fourth-order valence-electron chi connectivity index (χ4n) is 2.22. The molecule has 1 aromatic heterocycles. The molecule has 2 rings (SSSR count). The molecule has 0 radical (unpaired) electrons. The Labute approximate surface area is 120 Å². The van der Waals surface area contributed by atoms with Gasteiger partial charge in [0.25, 0.3) is 11.8 Å². The molecule has 0 aliphatic carbocycles. The van der Waals surface area contributed by atoms with Crippen LogP contribution in [0.4, 0.5) is 5.95 Å². The van der Waals surface area contributed by atoms with Crippen molar-refractivity contribution in [1.29, 1.82) is 0 Å². The minimum atomic E-state index is 0.136. The van der Waals surface area contributed by atoms with Crippen LogP contribution in [0.3, 0.4) is 0 Å². The smallest absolute Gasteiger partial charge is 0.263 e. The van der Waals surface area contributed by atoms with Gasteiger partial charge in [-0.15, -0.1) is 0 Å². The maximum absolute atomic E-state index is 5.26. The fraction of sp³-hybridized carbons (Fsp3) is 0.467. The molecule has 0 saturated heterocycles. The molecule has 2 aromatic rings. The number of nitrogens with zero attached hydrogens (tertiary/aromatic N) is 3. The molecule has 0 aliphatic rings. The summed E-state index contributed by atoms with van der Waals surface area (Å²) < 4.78 is 5.26. The van der Waals surface area contributed by atoms with Gasteiger partial charge in [-0.2, -0.15) is 4.98 Å². The van der Waals surface area contributed by atoms with Crippen LogP contribution in [0.5, 0.6) is 0 Å². The first-order chi connectivity index (χ1) is 9.46. The first-order valence-corrected chi connectivity index (χ1v) is 6.74. The van der Waals surface area contributed by atoms with E-state index in [0.717, 1.165) is 18.7 Å². The van der Waals surface area contributed by atoms with Crippen LogP contribution in [0.1, 0.15) is 13.8 Å². The van der Waals surface area contributed by atoms with Crippen LogP contribution in [0.2, 0.25) is 0 Å². The summed E-state index contributed by atoms with van der Waals surface area (Å²) in [6.07, 6.45) is 0. The monoisotopic (exact) mass is 274 g/mol. The third kappa shape index (κ3) is 4.06. The number of hydrogen-bond acceptors (Lipinski definition) is 5. The van der Waals surface area contributed by atoms with Crippen molar-refractivity contribution < 1.29 is 4.52 Å². The molecule has 1 aromatic carbocycles. The van der Waals surface area contributed by atoms with Crippen LogP contribution >= 0.6 is 0 Å². The molecule has 0 fully saturated rings. The Morgan fingerprint density at radius 2 is 1.90 bits per heavy atom. The SMILES string of the molecule is CN(C)CC(C)(C)CNc1noc(-c2ccccc2)n1. The molecule has 0 saturated carbocycles. The molecular weight excluding hydrogens is 252 g/mol. The van der Waals surface area contributed by atoms with Crippen molar-refractivity contribution in [3.8, 4) is 11.5 Å². The number of aromatic nitrogens is 2. The van der Waals surface area contributed by atoms with E-state index < -0.39 is 0 Å². The lowest BCUT2D eigenvalue weighted by Gasteiger charge is -2.28. The average Bonchev–Trinajstić information content (AvgIpc) is 2.85. The van der Waals surface area contributed by atoms with E-state index in [-0.39, 0.29) is 5.41 Å². The summed E-state index contributed by atoms with van der Waals surface area (Å²) in [6.45, 7) is 6.19. The van der Waals surface area contributed by atoms with Gasteiger partial charge < -0.3 is 14.7 Å². The van der Waals surface area contributed by atoms with Crippen molar-refractivity contribution in [2.24, 2.45) is 5.41 Å². The Balaban J connectivity index is 1.97. The third-order valence-corrected chi connectivity index (χ3v) is 2.92. The number of anilines is 1. The maximum Gasteiger partial charge on any atom is 0.263 e. The first kappa shape index (κ1) is 14.5. The molecule has 5 heteroatoms. The Kier molecular flexibility index (Phi) is 4.39. The summed E-state index contributed by atoms with van der Waals surface area (Å²) in [5, 5.41) is 7.20. The number of hydrogen-bond donors (Lipinski definition) is 1. The summed E-state index contributed by atoms with van der Waals surface area (Å²) in [6, 6.07) is 9.77. The Morgan fingerprint density at radius 3 is 2.55 bits per heavy atom. The zero-order valence-electron chi connectivity index (χ0n) is 12.6. The summed E-state index contributed by atoms with van der Waals surface area (Å²) in [4.78, 5) is 6.53. The fourth-order valence-corrected chi connectivity index (χ4v) is 2.22.